The second-order valence-electron chi connectivity index (χ2n) is 3.32. The fraction of sp³-hybridized carbons (Fsp3) is 0.750. The highest BCUT2D eigenvalue weighted by atomic mass is 32.1. The minimum Gasteiger partial charge on any atom is -0.359 e. The van der Waals surface area contributed by atoms with Gasteiger partial charge in [-0.1, -0.05) is 11.3 Å². The number of aromatic nitrogens is 2. The van der Waals surface area contributed by atoms with Crippen molar-refractivity contribution in [1.29, 1.82) is 0 Å². The molecule has 0 amide bonds. The van der Waals surface area contributed by atoms with Crippen molar-refractivity contribution in [3.63, 3.8) is 0 Å². The highest BCUT2D eigenvalue weighted by Crippen LogP contribution is 2.13. The number of nitrogens with zero attached hydrogens (tertiary/aromatic N) is 3. The van der Waals surface area contributed by atoms with Gasteiger partial charge in [-0.15, -0.1) is 10.2 Å². The molecule has 0 aliphatic carbocycles. The van der Waals surface area contributed by atoms with Gasteiger partial charge in [0.25, 0.3) is 0 Å². The summed E-state index contributed by atoms with van der Waals surface area (Å²) < 4.78 is 0. The Bertz CT molecular complexity index is 258. The van der Waals surface area contributed by atoms with Crippen LogP contribution in [0.2, 0.25) is 0 Å². The van der Waals surface area contributed by atoms with Crippen LogP contribution in [-0.2, 0) is 0 Å². The Morgan fingerprint density at radius 3 is 2.62 bits per heavy atom. The molecule has 1 atom stereocenters. The molecule has 0 radical (unpaired) electrons. The lowest BCUT2D eigenvalue weighted by Gasteiger charge is -2.19. The maximum absolute atomic E-state index is 3.99. The van der Waals surface area contributed by atoms with Gasteiger partial charge in [0.05, 0.1) is 0 Å². The van der Waals surface area contributed by atoms with Crippen LogP contribution >= 0.6 is 11.3 Å². The summed E-state index contributed by atoms with van der Waals surface area (Å²) in [6.07, 6.45) is 0. The molecule has 13 heavy (non-hydrogen) atoms. The summed E-state index contributed by atoms with van der Waals surface area (Å²) in [7, 11) is 4.13. The molecule has 0 saturated heterocycles. The van der Waals surface area contributed by atoms with E-state index in [9.17, 15) is 0 Å². The van der Waals surface area contributed by atoms with E-state index in [-0.39, 0.29) is 0 Å². The SMILES string of the molecule is Cc1nnc(NCC(C)N(C)C)s1. The minimum absolute atomic E-state index is 0.504. The molecule has 1 rings (SSSR count). The number of anilines is 1. The summed E-state index contributed by atoms with van der Waals surface area (Å²) in [6, 6.07) is 0.504. The second-order valence-corrected chi connectivity index (χ2v) is 4.50. The van der Waals surface area contributed by atoms with E-state index in [0.29, 0.717) is 6.04 Å². The topological polar surface area (TPSA) is 41.1 Å². The van der Waals surface area contributed by atoms with Gasteiger partial charge in [0, 0.05) is 12.6 Å². The van der Waals surface area contributed by atoms with Crippen molar-refractivity contribution in [2.45, 2.75) is 19.9 Å². The van der Waals surface area contributed by atoms with E-state index in [1.165, 1.54) is 0 Å². The fourth-order valence-electron chi connectivity index (χ4n) is 0.786. The highest BCUT2D eigenvalue weighted by molar-refractivity contribution is 7.15. The quantitative estimate of drug-likeness (QED) is 0.793. The van der Waals surface area contributed by atoms with E-state index in [1.807, 2.05) is 6.92 Å². The lowest BCUT2D eigenvalue weighted by atomic mass is 10.3. The van der Waals surface area contributed by atoms with Crippen molar-refractivity contribution in [2.24, 2.45) is 0 Å². The van der Waals surface area contributed by atoms with Crippen LogP contribution in [0, 0.1) is 6.92 Å². The van der Waals surface area contributed by atoms with Gasteiger partial charge in [-0.2, -0.15) is 0 Å². The van der Waals surface area contributed by atoms with Crippen LogP contribution in [0.3, 0.4) is 0 Å². The Morgan fingerprint density at radius 2 is 2.15 bits per heavy atom. The summed E-state index contributed by atoms with van der Waals surface area (Å²) in [5.41, 5.74) is 0. The van der Waals surface area contributed by atoms with Gasteiger partial charge >= 0.3 is 0 Å². The molecular formula is C8H16N4S. The predicted octanol–water partition coefficient (Wildman–Crippen LogP) is 1.21. The number of likely N-dealkylation sites (N-methyl/N-ethyl adjacent to an activating group) is 1. The second kappa shape index (κ2) is 4.53. The van der Waals surface area contributed by atoms with Gasteiger partial charge in [0.2, 0.25) is 5.13 Å². The van der Waals surface area contributed by atoms with Gasteiger partial charge in [-0.3, -0.25) is 0 Å². The van der Waals surface area contributed by atoms with Gasteiger partial charge < -0.3 is 10.2 Å². The molecule has 1 aromatic rings. The summed E-state index contributed by atoms with van der Waals surface area (Å²) in [6.45, 7) is 5.03. The maximum atomic E-state index is 3.99. The fourth-order valence-corrected chi connectivity index (χ4v) is 1.38. The third-order valence-electron chi connectivity index (χ3n) is 1.96. The molecule has 5 heteroatoms. The molecule has 0 spiro atoms. The van der Waals surface area contributed by atoms with Crippen molar-refractivity contribution >= 4 is 16.5 Å². The van der Waals surface area contributed by atoms with Gasteiger partial charge in [-0.05, 0) is 27.9 Å². The average molecular weight is 200 g/mol. The summed E-state index contributed by atoms with van der Waals surface area (Å²) in [5.74, 6) is 0. The molecular weight excluding hydrogens is 184 g/mol. The van der Waals surface area contributed by atoms with Crippen LogP contribution in [0.1, 0.15) is 11.9 Å². The number of hydrogen-bond acceptors (Lipinski definition) is 5. The first-order chi connectivity index (χ1) is 6.09. The number of rotatable bonds is 4. The lowest BCUT2D eigenvalue weighted by molar-refractivity contribution is 0.326. The van der Waals surface area contributed by atoms with Crippen LogP contribution in [0.4, 0.5) is 5.13 Å². The molecule has 0 fully saturated rings. The molecule has 0 aliphatic rings. The molecule has 1 aromatic heterocycles. The Morgan fingerprint density at radius 1 is 1.46 bits per heavy atom. The molecule has 0 saturated carbocycles. The number of aryl methyl sites for hydroxylation is 1. The molecule has 1 heterocycles. The first-order valence-electron chi connectivity index (χ1n) is 4.30. The first-order valence-corrected chi connectivity index (χ1v) is 5.11. The van der Waals surface area contributed by atoms with Crippen LogP contribution in [0.5, 0.6) is 0 Å². The van der Waals surface area contributed by atoms with Crippen molar-refractivity contribution in [3.8, 4) is 0 Å². The Balaban J connectivity index is 2.35. The smallest absolute Gasteiger partial charge is 0.205 e. The Kier molecular flexibility index (Phi) is 3.62. The van der Waals surface area contributed by atoms with E-state index < -0.39 is 0 Å². The molecule has 0 aliphatic heterocycles. The Hall–Kier alpha value is -0.680. The van der Waals surface area contributed by atoms with Crippen molar-refractivity contribution in [2.75, 3.05) is 26.0 Å². The molecule has 74 valence electrons. The summed E-state index contributed by atoms with van der Waals surface area (Å²) >= 11 is 1.59. The molecule has 1 unspecified atom stereocenters. The minimum atomic E-state index is 0.504. The van der Waals surface area contributed by atoms with E-state index in [1.54, 1.807) is 11.3 Å². The zero-order chi connectivity index (χ0) is 9.84. The normalized spacial score (nSPS) is 13.3. The predicted molar refractivity (Wildman–Crippen MR) is 56.3 cm³/mol. The van der Waals surface area contributed by atoms with E-state index in [4.69, 9.17) is 0 Å². The summed E-state index contributed by atoms with van der Waals surface area (Å²) in [5, 5.41) is 13.1. The molecule has 1 N–H and O–H groups in total. The van der Waals surface area contributed by atoms with Crippen LogP contribution < -0.4 is 5.32 Å². The maximum Gasteiger partial charge on any atom is 0.205 e. The van der Waals surface area contributed by atoms with Crippen LogP contribution in [0.25, 0.3) is 0 Å². The van der Waals surface area contributed by atoms with Crippen LogP contribution in [0.15, 0.2) is 0 Å². The zero-order valence-electron chi connectivity index (χ0n) is 8.53. The largest absolute Gasteiger partial charge is 0.359 e. The van der Waals surface area contributed by atoms with Gasteiger partial charge in [0.1, 0.15) is 5.01 Å². The third kappa shape index (κ3) is 3.28. The van der Waals surface area contributed by atoms with Gasteiger partial charge in [-0.25, -0.2) is 0 Å². The Labute approximate surface area is 83.0 Å². The van der Waals surface area contributed by atoms with Crippen molar-refractivity contribution < 1.29 is 0 Å². The number of nitrogens with one attached hydrogen (secondary N) is 1. The lowest BCUT2D eigenvalue weighted by Crippen LogP contribution is -2.31. The van der Waals surface area contributed by atoms with Gasteiger partial charge in [0.15, 0.2) is 0 Å². The number of hydrogen-bond donors (Lipinski definition) is 1. The third-order valence-corrected chi connectivity index (χ3v) is 2.75. The zero-order valence-corrected chi connectivity index (χ0v) is 9.35. The molecule has 4 nitrogen and oxygen atoms in total. The van der Waals surface area contributed by atoms with Crippen molar-refractivity contribution in [1.82, 2.24) is 15.1 Å². The van der Waals surface area contributed by atoms with Crippen molar-refractivity contribution in [3.05, 3.63) is 5.01 Å². The monoisotopic (exact) mass is 200 g/mol. The van der Waals surface area contributed by atoms with Crippen LogP contribution in [-0.4, -0.2) is 41.8 Å². The summed E-state index contributed by atoms with van der Waals surface area (Å²) in [4.78, 5) is 2.17. The standard InChI is InChI=1S/C8H16N4S/c1-6(12(3)4)5-9-8-11-10-7(2)13-8/h6H,5H2,1-4H3,(H,9,11). The van der Waals surface area contributed by atoms with E-state index in [2.05, 4.69) is 41.4 Å². The molecule has 0 bridgehead atoms. The first kappa shape index (κ1) is 10.4. The average Bonchev–Trinajstić information content (AvgIpc) is 2.47. The van der Waals surface area contributed by atoms with E-state index in [0.717, 1.165) is 16.7 Å². The molecule has 0 aromatic carbocycles. The van der Waals surface area contributed by atoms with E-state index >= 15 is 0 Å². The highest BCUT2D eigenvalue weighted by Gasteiger charge is 2.05.